The van der Waals surface area contributed by atoms with E-state index in [1.54, 1.807) is 15.4 Å². The maximum Gasteiger partial charge on any atom is 0.0990 e. The number of quaternary nitrogens is 3. The van der Waals surface area contributed by atoms with Gasteiger partial charge in [-0.2, -0.15) is 0 Å². The molecular weight excluding hydrogens is 282 g/mol. The smallest absolute Gasteiger partial charge is 0.0990 e. The third-order valence-corrected chi connectivity index (χ3v) is 6.45. The van der Waals surface area contributed by atoms with Crippen LogP contribution in [0.5, 0.6) is 0 Å². The van der Waals surface area contributed by atoms with E-state index < -0.39 is 0 Å². The Morgan fingerprint density at radius 2 is 1.52 bits per heavy atom. The van der Waals surface area contributed by atoms with Crippen LogP contribution in [0.4, 0.5) is 0 Å². The largest absolute Gasteiger partial charge is 0.340 e. The summed E-state index contributed by atoms with van der Waals surface area (Å²) in [5, 5.41) is 0. The quantitative estimate of drug-likeness (QED) is 0.424. The van der Waals surface area contributed by atoms with Crippen molar-refractivity contribution in [1.29, 1.82) is 0 Å². The van der Waals surface area contributed by atoms with Gasteiger partial charge in [-0.15, -0.1) is 0 Å². The molecule has 0 aromatic rings. The van der Waals surface area contributed by atoms with E-state index in [1.165, 1.54) is 58.4 Å². The lowest BCUT2D eigenvalue weighted by atomic mass is 9.49. The lowest BCUT2D eigenvalue weighted by Gasteiger charge is -2.56. The number of hydrogen-bond donors (Lipinski definition) is 3. The first-order valence-electron chi connectivity index (χ1n) is 9.91. The second-order valence-corrected chi connectivity index (χ2v) is 9.37. The summed E-state index contributed by atoms with van der Waals surface area (Å²) < 4.78 is 0. The molecule has 0 spiro atoms. The maximum absolute atomic E-state index is 2.61. The van der Waals surface area contributed by atoms with Crippen LogP contribution >= 0.6 is 0 Å². The second-order valence-electron chi connectivity index (χ2n) is 9.37. The normalized spacial score (nSPS) is 25.9. The number of fused-ring (bicyclic) bond motifs is 1. The van der Waals surface area contributed by atoms with Crippen molar-refractivity contribution in [2.24, 2.45) is 17.3 Å². The van der Waals surface area contributed by atoms with Crippen LogP contribution in [0.3, 0.4) is 0 Å². The van der Waals surface area contributed by atoms with Crippen molar-refractivity contribution in [2.75, 3.05) is 60.9 Å². The van der Waals surface area contributed by atoms with Crippen LogP contribution in [0, 0.1) is 17.3 Å². The van der Waals surface area contributed by atoms with Crippen molar-refractivity contribution < 1.29 is 14.7 Å². The molecule has 2 bridgehead atoms. The first-order valence-corrected chi connectivity index (χ1v) is 9.91. The second kappa shape index (κ2) is 8.13. The van der Waals surface area contributed by atoms with Crippen molar-refractivity contribution >= 4 is 0 Å². The van der Waals surface area contributed by atoms with Crippen LogP contribution in [0.2, 0.25) is 0 Å². The SMILES string of the molecule is C[NH+](C)CCC[NH+](CCC[NH+](C)C)CC1=CC[C@@H]2C[C@H]1C2(C)C. The Morgan fingerprint density at radius 3 is 1.96 bits per heavy atom. The highest BCUT2D eigenvalue weighted by Crippen LogP contribution is 2.58. The summed E-state index contributed by atoms with van der Waals surface area (Å²) in [6.45, 7) is 11.6. The van der Waals surface area contributed by atoms with Gasteiger partial charge in [-0.05, 0) is 35.7 Å². The number of nitrogens with one attached hydrogen (secondary N) is 3. The molecular formula is C20H42N3+3. The van der Waals surface area contributed by atoms with Gasteiger partial charge in [0, 0.05) is 12.8 Å². The van der Waals surface area contributed by atoms with Crippen LogP contribution in [0.25, 0.3) is 0 Å². The molecule has 0 aromatic heterocycles. The topological polar surface area (TPSA) is 13.3 Å². The van der Waals surface area contributed by atoms with E-state index in [1.807, 2.05) is 4.90 Å². The minimum Gasteiger partial charge on any atom is -0.340 e. The zero-order valence-electron chi connectivity index (χ0n) is 16.6. The predicted octanol–water partition coefficient (Wildman–Crippen LogP) is -1.07. The van der Waals surface area contributed by atoms with Gasteiger partial charge in [-0.1, -0.05) is 19.9 Å². The molecule has 0 heterocycles. The summed E-state index contributed by atoms with van der Waals surface area (Å²) in [4.78, 5) is 5.00. The molecule has 0 amide bonds. The third kappa shape index (κ3) is 5.04. The average Bonchev–Trinajstić information content (AvgIpc) is 2.46. The lowest BCUT2D eigenvalue weighted by Crippen LogP contribution is -3.14. The fraction of sp³-hybridized carbons (Fsp3) is 0.900. The molecule has 0 radical (unpaired) electrons. The van der Waals surface area contributed by atoms with E-state index in [0.717, 1.165) is 11.8 Å². The molecule has 2 atom stereocenters. The molecule has 3 rings (SSSR count). The van der Waals surface area contributed by atoms with Crippen LogP contribution in [-0.2, 0) is 0 Å². The zero-order chi connectivity index (χ0) is 17.0. The van der Waals surface area contributed by atoms with Gasteiger partial charge in [0.1, 0.15) is 0 Å². The fourth-order valence-corrected chi connectivity index (χ4v) is 4.65. The standard InChI is InChI=1S/C20H39N3/c1-20(2)18-10-9-17(19(20)15-18)16-23(13-7-11-21(3)4)14-8-12-22(5)6/h9,18-19H,7-8,10-16H2,1-6H3/p+3/t18-,19-/m1/s1. The van der Waals surface area contributed by atoms with Crippen molar-refractivity contribution in [3.05, 3.63) is 11.6 Å². The third-order valence-electron chi connectivity index (χ3n) is 6.45. The fourth-order valence-electron chi connectivity index (χ4n) is 4.65. The maximum atomic E-state index is 2.61. The first kappa shape index (κ1) is 19.0. The van der Waals surface area contributed by atoms with Crippen molar-refractivity contribution in [3.8, 4) is 0 Å². The Hall–Kier alpha value is -0.380. The summed E-state index contributed by atoms with van der Waals surface area (Å²) in [6, 6.07) is 0. The van der Waals surface area contributed by atoms with E-state index >= 15 is 0 Å². The highest BCUT2D eigenvalue weighted by molar-refractivity contribution is 5.23. The summed E-state index contributed by atoms with van der Waals surface area (Å²) in [5.74, 6) is 1.85. The van der Waals surface area contributed by atoms with Gasteiger partial charge >= 0.3 is 0 Å². The molecule has 23 heavy (non-hydrogen) atoms. The molecule has 0 saturated heterocycles. The lowest BCUT2D eigenvalue weighted by molar-refractivity contribution is -0.911. The summed E-state index contributed by atoms with van der Waals surface area (Å²) in [6.07, 6.45) is 8.14. The van der Waals surface area contributed by atoms with Gasteiger partial charge in [0.05, 0.1) is 60.9 Å². The van der Waals surface area contributed by atoms with Crippen LogP contribution in [0.1, 0.15) is 39.5 Å². The molecule has 3 heteroatoms. The minimum atomic E-state index is 0.580. The van der Waals surface area contributed by atoms with E-state index in [4.69, 9.17) is 0 Å². The van der Waals surface area contributed by atoms with Gasteiger partial charge in [0.2, 0.25) is 0 Å². The van der Waals surface area contributed by atoms with Crippen LogP contribution in [0.15, 0.2) is 11.6 Å². The Labute approximate surface area is 144 Å². The van der Waals surface area contributed by atoms with Gasteiger partial charge in [0.15, 0.2) is 0 Å². The van der Waals surface area contributed by atoms with Crippen LogP contribution in [-0.4, -0.2) is 60.9 Å². The van der Waals surface area contributed by atoms with E-state index in [2.05, 4.69) is 48.1 Å². The minimum absolute atomic E-state index is 0.580. The number of hydrogen-bond acceptors (Lipinski definition) is 0. The van der Waals surface area contributed by atoms with Crippen molar-refractivity contribution in [3.63, 3.8) is 0 Å². The molecule has 0 aliphatic heterocycles. The summed E-state index contributed by atoms with van der Waals surface area (Å²) >= 11 is 0. The molecule has 1 fully saturated rings. The first-order chi connectivity index (χ1) is 10.8. The van der Waals surface area contributed by atoms with E-state index in [9.17, 15) is 0 Å². The van der Waals surface area contributed by atoms with Crippen molar-refractivity contribution in [1.82, 2.24) is 0 Å². The molecule has 134 valence electrons. The van der Waals surface area contributed by atoms with Crippen molar-refractivity contribution in [2.45, 2.75) is 39.5 Å². The van der Waals surface area contributed by atoms with Gasteiger partial charge < -0.3 is 14.7 Å². The molecule has 3 aliphatic rings. The monoisotopic (exact) mass is 324 g/mol. The Kier molecular flexibility index (Phi) is 6.70. The Morgan fingerprint density at radius 1 is 0.957 bits per heavy atom. The van der Waals surface area contributed by atoms with E-state index in [-0.39, 0.29) is 0 Å². The highest BCUT2D eigenvalue weighted by Gasteiger charge is 2.51. The predicted molar refractivity (Wildman–Crippen MR) is 98.2 cm³/mol. The molecule has 3 N–H and O–H groups in total. The van der Waals surface area contributed by atoms with Gasteiger partial charge in [-0.3, -0.25) is 0 Å². The highest BCUT2D eigenvalue weighted by atomic mass is 15.1. The van der Waals surface area contributed by atoms with Gasteiger partial charge in [0.25, 0.3) is 0 Å². The molecule has 0 unspecified atom stereocenters. The molecule has 3 aliphatic carbocycles. The number of rotatable bonds is 10. The molecule has 3 nitrogen and oxygen atoms in total. The summed E-state index contributed by atoms with van der Waals surface area (Å²) in [5.41, 5.74) is 2.37. The van der Waals surface area contributed by atoms with E-state index in [0.29, 0.717) is 5.41 Å². The Balaban J connectivity index is 1.87. The van der Waals surface area contributed by atoms with Gasteiger partial charge in [-0.25, -0.2) is 0 Å². The summed E-state index contributed by atoms with van der Waals surface area (Å²) in [7, 11) is 9.09. The Bertz CT molecular complexity index is 384. The average molecular weight is 325 g/mol. The van der Waals surface area contributed by atoms with Crippen LogP contribution < -0.4 is 14.7 Å². The molecule has 0 aromatic carbocycles. The number of allylic oxidation sites excluding steroid dienone is 1. The zero-order valence-corrected chi connectivity index (χ0v) is 16.6. The molecule has 1 saturated carbocycles.